The first-order valence-corrected chi connectivity index (χ1v) is 6.06. The summed E-state index contributed by atoms with van der Waals surface area (Å²) < 4.78 is 0. The average Bonchev–Trinajstić information content (AvgIpc) is 2.35. The van der Waals surface area contributed by atoms with Gasteiger partial charge in [-0.05, 0) is 11.5 Å². The number of amides is 1. The summed E-state index contributed by atoms with van der Waals surface area (Å²) in [7, 11) is 0. The molecule has 0 heterocycles. The van der Waals surface area contributed by atoms with Gasteiger partial charge in [-0.15, -0.1) is 0 Å². The van der Waals surface area contributed by atoms with Gasteiger partial charge in [0.05, 0.1) is 11.3 Å². The van der Waals surface area contributed by atoms with E-state index in [1.54, 1.807) is 13.8 Å². The zero-order chi connectivity index (χ0) is 15.3. The average molecular weight is 280 g/mol. The minimum absolute atomic E-state index is 0.0194. The minimum atomic E-state index is -1.09. The summed E-state index contributed by atoms with van der Waals surface area (Å²) in [4.78, 5) is 32.7. The predicted octanol–water partition coefficient (Wildman–Crippen LogP) is 1.36. The van der Waals surface area contributed by atoms with Gasteiger partial charge in [-0.2, -0.15) is 0 Å². The molecule has 0 unspecified atom stereocenters. The van der Waals surface area contributed by atoms with Crippen molar-refractivity contribution in [1.82, 2.24) is 5.32 Å². The molecule has 0 saturated heterocycles. The first-order chi connectivity index (χ1) is 9.31. The first-order valence-electron chi connectivity index (χ1n) is 6.06. The van der Waals surface area contributed by atoms with E-state index in [0.717, 1.165) is 0 Å². The van der Waals surface area contributed by atoms with Crippen molar-refractivity contribution in [3.8, 4) is 0 Å². The van der Waals surface area contributed by atoms with E-state index in [-0.39, 0.29) is 18.0 Å². The number of carbonyl (C=O) groups excluding carboxylic acids is 1. The topological polar surface area (TPSA) is 110 Å². The van der Waals surface area contributed by atoms with Gasteiger partial charge in [-0.3, -0.25) is 14.9 Å². The van der Waals surface area contributed by atoms with Crippen LogP contribution in [0.15, 0.2) is 24.3 Å². The van der Waals surface area contributed by atoms with E-state index in [1.807, 2.05) is 0 Å². The van der Waals surface area contributed by atoms with Crippen molar-refractivity contribution in [2.45, 2.75) is 26.3 Å². The third-order valence-electron chi connectivity index (χ3n) is 2.76. The molecule has 0 aliphatic carbocycles. The number of carbonyl (C=O) groups is 2. The molecule has 0 fully saturated rings. The number of hydrogen-bond acceptors (Lipinski definition) is 4. The van der Waals surface area contributed by atoms with Crippen molar-refractivity contribution in [3.05, 3.63) is 39.9 Å². The summed E-state index contributed by atoms with van der Waals surface area (Å²) in [6, 6.07) is 4.62. The van der Waals surface area contributed by atoms with Crippen LogP contribution < -0.4 is 5.32 Å². The molecule has 0 radical (unpaired) electrons. The van der Waals surface area contributed by atoms with Gasteiger partial charge in [-0.25, -0.2) is 4.79 Å². The van der Waals surface area contributed by atoms with Crippen LogP contribution in [0.3, 0.4) is 0 Å². The Morgan fingerprint density at radius 2 is 1.85 bits per heavy atom. The summed E-state index contributed by atoms with van der Waals surface area (Å²) >= 11 is 0. The lowest BCUT2D eigenvalue weighted by Gasteiger charge is -2.17. The van der Waals surface area contributed by atoms with Gasteiger partial charge in [-0.1, -0.05) is 26.0 Å². The maximum absolute atomic E-state index is 11.7. The van der Waals surface area contributed by atoms with Crippen LogP contribution in [0.1, 0.15) is 19.4 Å². The fraction of sp³-hybridized carbons (Fsp3) is 0.385. The Labute approximate surface area is 115 Å². The number of rotatable bonds is 6. The normalized spacial score (nSPS) is 11.9. The molecule has 0 bridgehead atoms. The molecule has 1 aromatic rings. The summed E-state index contributed by atoms with van der Waals surface area (Å²) in [5.74, 6) is -1.75. The molecule has 1 amide bonds. The number of non-ortho nitro benzene ring substituents is 1. The summed E-state index contributed by atoms with van der Waals surface area (Å²) in [6.45, 7) is 3.40. The van der Waals surface area contributed by atoms with Gasteiger partial charge in [0.15, 0.2) is 0 Å². The molecule has 108 valence electrons. The van der Waals surface area contributed by atoms with Gasteiger partial charge in [0, 0.05) is 12.1 Å². The van der Waals surface area contributed by atoms with Crippen LogP contribution in [-0.4, -0.2) is 27.9 Å². The number of nitrogens with one attached hydrogen (secondary N) is 1. The molecule has 7 heteroatoms. The van der Waals surface area contributed by atoms with E-state index >= 15 is 0 Å². The second-order valence-electron chi connectivity index (χ2n) is 4.73. The fourth-order valence-corrected chi connectivity index (χ4v) is 1.66. The number of nitro benzene ring substituents is 1. The SMILES string of the molecule is CC(C)[C@H](NC(=O)Cc1ccc([N+](=O)[O-])cc1)C(=O)O. The lowest BCUT2D eigenvalue weighted by atomic mass is 10.0. The number of aliphatic carboxylic acids is 1. The first kappa shape index (κ1) is 15.6. The molecule has 0 aromatic heterocycles. The van der Waals surface area contributed by atoms with Crippen molar-refractivity contribution in [2.24, 2.45) is 5.92 Å². The summed E-state index contributed by atoms with van der Waals surface area (Å²) in [5.41, 5.74) is 0.528. The standard InChI is InChI=1S/C13H16N2O5/c1-8(2)12(13(17)18)14-11(16)7-9-3-5-10(6-4-9)15(19)20/h3-6,8,12H,7H2,1-2H3,(H,14,16)(H,17,18)/t12-/m0/s1. The third kappa shape index (κ3) is 4.34. The molecule has 7 nitrogen and oxygen atoms in total. The Balaban J connectivity index is 2.66. The molecule has 0 aliphatic heterocycles. The minimum Gasteiger partial charge on any atom is -0.480 e. The van der Waals surface area contributed by atoms with Crippen LogP contribution in [-0.2, 0) is 16.0 Å². The summed E-state index contributed by atoms with van der Waals surface area (Å²) in [6.07, 6.45) is -0.0194. The quantitative estimate of drug-likeness (QED) is 0.604. The van der Waals surface area contributed by atoms with Gasteiger partial charge in [0.2, 0.25) is 5.91 Å². The maximum Gasteiger partial charge on any atom is 0.326 e. The van der Waals surface area contributed by atoms with E-state index in [1.165, 1.54) is 24.3 Å². The number of carboxylic acids is 1. The number of hydrogen-bond donors (Lipinski definition) is 2. The molecule has 2 N–H and O–H groups in total. The maximum atomic E-state index is 11.7. The molecule has 1 rings (SSSR count). The largest absolute Gasteiger partial charge is 0.480 e. The zero-order valence-electron chi connectivity index (χ0n) is 11.2. The van der Waals surface area contributed by atoms with E-state index < -0.39 is 22.8 Å². The Bertz CT molecular complexity index is 510. The van der Waals surface area contributed by atoms with Gasteiger partial charge >= 0.3 is 5.97 Å². The number of nitrogens with zero attached hydrogens (tertiary/aromatic N) is 1. The van der Waals surface area contributed by atoms with Gasteiger partial charge < -0.3 is 10.4 Å². The molecule has 0 saturated carbocycles. The second-order valence-corrected chi connectivity index (χ2v) is 4.73. The Hall–Kier alpha value is -2.44. The molecular formula is C13H16N2O5. The van der Waals surface area contributed by atoms with Crippen molar-refractivity contribution in [3.63, 3.8) is 0 Å². The van der Waals surface area contributed by atoms with Crippen LogP contribution in [0.25, 0.3) is 0 Å². The Morgan fingerprint density at radius 3 is 2.25 bits per heavy atom. The highest BCUT2D eigenvalue weighted by Crippen LogP contribution is 2.12. The Morgan fingerprint density at radius 1 is 1.30 bits per heavy atom. The fourth-order valence-electron chi connectivity index (χ4n) is 1.66. The zero-order valence-corrected chi connectivity index (χ0v) is 11.2. The summed E-state index contributed by atoms with van der Waals surface area (Å²) in [5, 5.41) is 21.9. The molecule has 1 aromatic carbocycles. The number of carboxylic acid groups (broad SMARTS) is 1. The van der Waals surface area contributed by atoms with Gasteiger partial charge in [0.1, 0.15) is 6.04 Å². The number of nitro groups is 1. The predicted molar refractivity (Wildman–Crippen MR) is 71.2 cm³/mol. The highest BCUT2D eigenvalue weighted by Gasteiger charge is 2.23. The Kier molecular flexibility index (Phi) is 5.19. The molecular weight excluding hydrogens is 264 g/mol. The highest BCUT2D eigenvalue weighted by atomic mass is 16.6. The molecule has 1 atom stereocenters. The smallest absolute Gasteiger partial charge is 0.326 e. The van der Waals surface area contributed by atoms with E-state index in [2.05, 4.69) is 5.32 Å². The van der Waals surface area contributed by atoms with Crippen LogP contribution in [0.2, 0.25) is 0 Å². The van der Waals surface area contributed by atoms with Crippen molar-refractivity contribution < 1.29 is 19.6 Å². The molecule has 0 spiro atoms. The van der Waals surface area contributed by atoms with Crippen LogP contribution in [0.5, 0.6) is 0 Å². The van der Waals surface area contributed by atoms with Crippen LogP contribution >= 0.6 is 0 Å². The highest BCUT2D eigenvalue weighted by molar-refractivity contribution is 5.85. The van der Waals surface area contributed by atoms with Crippen molar-refractivity contribution in [2.75, 3.05) is 0 Å². The van der Waals surface area contributed by atoms with E-state index in [9.17, 15) is 19.7 Å². The van der Waals surface area contributed by atoms with E-state index in [4.69, 9.17) is 5.11 Å². The van der Waals surface area contributed by atoms with Gasteiger partial charge in [0.25, 0.3) is 5.69 Å². The monoisotopic (exact) mass is 280 g/mol. The second kappa shape index (κ2) is 6.65. The lowest BCUT2D eigenvalue weighted by molar-refractivity contribution is -0.384. The van der Waals surface area contributed by atoms with Crippen molar-refractivity contribution >= 4 is 17.6 Å². The van der Waals surface area contributed by atoms with Crippen LogP contribution in [0.4, 0.5) is 5.69 Å². The number of benzene rings is 1. The molecule has 20 heavy (non-hydrogen) atoms. The third-order valence-corrected chi connectivity index (χ3v) is 2.76. The lowest BCUT2D eigenvalue weighted by Crippen LogP contribution is -2.44. The van der Waals surface area contributed by atoms with Crippen molar-refractivity contribution in [1.29, 1.82) is 0 Å². The molecule has 0 aliphatic rings. The van der Waals surface area contributed by atoms with Crippen LogP contribution in [0, 0.1) is 16.0 Å². The van der Waals surface area contributed by atoms with E-state index in [0.29, 0.717) is 5.56 Å².